The third-order valence-electron chi connectivity index (χ3n) is 4.46. The van der Waals surface area contributed by atoms with Crippen LogP contribution in [0.5, 0.6) is 0 Å². The molecule has 4 unspecified atom stereocenters. The minimum Gasteiger partial charge on any atom is -0.300 e. The molecule has 1 aliphatic carbocycles. The number of halogens is 3. The van der Waals surface area contributed by atoms with Gasteiger partial charge < -0.3 is 0 Å². The molecule has 4 atom stereocenters. The molecule has 0 aromatic heterocycles. The Balaban J connectivity index is 2.10. The van der Waals surface area contributed by atoms with Gasteiger partial charge >= 0.3 is 6.18 Å². The van der Waals surface area contributed by atoms with Gasteiger partial charge in [-0.05, 0) is 36.7 Å². The predicted octanol–water partition coefficient (Wildman–Crippen LogP) is 4.70. The molecule has 20 heavy (non-hydrogen) atoms. The van der Waals surface area contributed by atoms with Crippen molar-refractivity contribution in [2.45, 2.75) is 51.4 Å². The molecule has 1 fully saturated rings. The maximum atomic E-state index is 13.3. The fraction of sp³-hybridized carbons (Fsp3) is 0.625. The molecule has 0 aliphatic heterocycles. The van der Waals surface area contributed by atoms with Gasteiger partial charge in [-0.15, -0.1) is 0 Å². The van der Waals surface area contributed by atoms with E-state index in [0.717, 1.165) is 19.3 Å². The number of rotatable bonds is 3. The molecule has 1 aromatic carbocycles. The maximum Gasteiger partial charge on any atom is 0.407 e. The number of alkyl halides is 3. The van der Waals surface area contributed by atoms with E-state index in [2.05, 4.69) is 19.2 Å². The Morgan fingerprint density at radius 2 is 1.70 bits per heavy atom. The summed E-state index contributed by atoms with van der Waals surface area (Å²) in [7, 11) is 0. The monoisotopic (exact) mass is 285 g/mol. The highest BCUT2D eigenvalue weighted by atomic mass is 19.4. The molecule has 1 nitrogen and oxygen atoms in total. The van der Waals surface area contributed by atoms with E-state index in [9.17, 15) is 13.2 Å². The summed E-state index contributed by atoms with van der Waals surface area (Å²) in [4.78, 5) is 0. The summed E-state index contributed by atoms with van der Waals surface area (Å²) >= 11 is 0. The van der Waals surface area contributed by atoms with Gasteiger partial charge in [0, 0.05) is 6.04 Å². The summed E-state index contributed by atoms with van der Waals surface area (Å²) in [6.07, 6.45) is -1.61. The molecular formula is C16H22F3N. The van der Waals surface area contributed by atoms with Crippen LogP contribution in [0.4, 0.5) is 13.2 Å². The first-order valence-corrected chi connectivity index (χ1v) is 7.25. The molecule has 0 bridgehead atoms. The topological polar surface area (TPSA) is 12.0 Å². The standard InChI is InChI=1S/C16H22F3N/c1-11-8-9-14(10-12(11)2)20-15(16(17,18)19)13-6-4-3-5-7-13/h3-7,11-12,14-15,20H,8-10H2,1-2H3. The lowest BCUT2D eigenvalue weighted by atomic mass is 9.79. The molecule has 4 heteroatoms. The van der Waals surface area contributed by atoms with Crippen molar-refractivity contribution in [3.05, 3.63) is 35.9 Å². The summed E-state index contributed by atoms with van der Waals surface area (Å²) in [5, 5.41) is 2.84. The van der Waals surface area contributed by atoms with Crippen molar-refractivity contribution in [3.8, 4) is 0 Å². The first-order valence-electron chi connectivity index (χ1n) is 7.25. The van der Waals surface area contributed by atoms with Crippen LogP contribution in [0.25, 0.3) is 0 Å². The summed E-state index contributed by atoms with van der Waals surface area (Å²) in [6.45, 7) is 4.31. The summed E-state index contributed by atoms with van der Waals surface area (Å²) < 4.78 is 39.8. The van der Waals surface area contributed by atoms with Crippen LogP contribution in [0.3, 0.4) is 0 Å². The van der Waals surface area contributed by atoms with Crippen molar-refractivity contribution in [1.82, 2.24) is 5.32 Å². The van der Waals surface area contributed by atoms with Gasteiger partial charge in [-0.2, -0.15) is 13.2 Å². The van der Waals surface area contributed by atoms with E-state index in [1.165, 1.54) is 0 Å². The van der Waals surface area contributed by atoms with Crippen molar-refractivity contribution in [2.24, 2.45) is 11.8 Å². The molecule has 2 rings (SSSR count). The summed E-state index contributed by atoms with van der Waals surface area (Å²) in [5.41, 5.74) is 0.297. The van der Waals surface area contributed by atoms with Crippen molar-refractivity contribution in [2.75, 3.05) is 0 Å². The van der Waals surface area contributed by atoms with Crippen molar-refractivity contribution in [3.63, 3.8) is 0 Å². The average molecular weight is 285 g/mol. The normalized spacial score (nSPS) is 29.1. The van der Waals surface area contributed by atoms with Crippen molar-refractivity contribution < 1.29 is 13.2 Å². The zero-order chi connectivity index (χ0) is 14.8. The first-order chi connectivity index (χ1) is 9.38. The van der Waals surface area contributed by atoms with E-state index in [1.54, 1.807) is 30.3 Å². The number of benzene rings is 1. The van der Waals surface area contributed by atoms with E-state index in [0.29, 0.717) is 17.4 Å². The molecule has 0 radical (unpaired) electrons. The van der Waals surface area contributed by atoms with Gasteiger partial charge in [0.1, 0.15) is 6.04 Å². The lowest BCUT2D eigenvalue weighted by Gasteiger charge is -2.35. The molecule has 0 spiro atoms. The second-order valence-corrected chi connectivity index (χ2v) is 6.02. The Bertz CT molecular complexity index is 415. The van der Waals surface area contributed by atoms with Gasteiger partial charge in [0.2, 0.25) is 0 Å². The smallest absolute Gasteiger partial charge is 0.300 e. The maximum absolute atomic E-state index is 13.3. The van der Waals surface area contributed by atoms with Crippen LogP contribution < -0.4 is 5.32 Å². The minimum atomic E-state index is -4.26. The Morgan fingerprint density at radius 3 is 2.25 bits per heavy atom. The molecule has 112 valence electrons. The third-order valence-corrected chi connectivity index (χ3v) is 4.46. The number of hydrogen-bond acceptors (Lipinski definition) is 1. The van der Waals surface area contributed by atoms with E-state index >= 15 is 0 Å². The van der Waals surface area contributed by atoms with Crippen LogP contribution in [-0.2, 0) is 0 Å². The second-order valence-electron chi connectivity index (χ2n) is 6.02. The van der Waals surface area contributed by atoms with Gasteiger partial charge in [0.25, 0.3) is 0 Å². The van der Waals surface area contributed by atoms with Crippen LogP contribution in [0.2, 0.25) is 0 Å². The second kappa shape index (κ2) is 6.17. The van der Waals surface area contributed by atoms with Gasteiger partial charge in [-0.3, -0.25) is 5.32 Å². The number of nitrogens with one attached hydrogen (secondary N) is 1. The van der Waals surface area contributed by atoms with E-state index < -0.39 is 12.2 Å². The SMILES string of the molecule is CC1CCC(NC(c2ccccc2)C(F)(F)F)CC1C. The summed E-state index contributed by atoms with van der Waals surface area (Å²) in [5.74, 6) is 1.08. The highest BCUT2D eigenvalue weighted by Crippen LogP contribution is 2.36. The largest absolute Gasteiger partial charge is 0.407 e. The fourth-order valence-electron chi connectivity index (χ4n) is 2.96. The predicted molar refractivity (Wildman–Crippen MR) is 74.3 cm³/mol. The molecule has 1 saturated carbocycles. The fourth-order valence-corrected chi connectivity index (χ4v) is 2.96. The highest BCUT2D eigenvalue weighted by Gasteiger charge is 2.42. The average Bonchev–Trinajstić information content (AvgIpc) is 2.39. The van der Waals surface area contributed by atoms with E-state index in [1.807, 2.05) is 0 Å². The van der Waals surface area contributed by atoms with Gasteiger partial charge in [0.15, 0.2) is 0 Å². The van der Waals surface area contributed by atoms with Crippen LogP contribution in [-0.4, -0.2) is 12.2 Å². The van der Waals surface area contributed by atoms with Crippen LogP contribution >= 0.6 is 0 Å². The van der Waals surface area contributed by atoms with Crippen molar-refractivity contribution >= 4 is 0 Å². The van der Waals surface area contributed by atoms with Crippen LogP contribution in [0.1, 0.15) is 44.7 Å². The lowest BCUT2D eigenvalue weighted by Crippen LogP contribution is -2.43. The minimum absolute atomic E-state index is 0.0481. The molecule has 0 amide bonds. The Hall–Kier alpha value is -1.03. The van der Waals surface area contributed by atoms with Crippen LogP contribution in [0, 0.1) is 11.8 Å². The zero-order valence-corrected chi connectivity index (χ0v) is 12.0. The van der Waals surface area contributed by atoms with Crippen LogP contribution in [0.15, 0.2) is 30.3 Å². The molecule has 1 N–H and O–H groups in total. The van der Waals surface area contributed by atoms with Gasteiger partial charge in [-0.25, -0.2) is 0 Å². The zero-order valence-electron chi connectivity index (χ0n) is 12.0. The molecule has 0 heterocycles. The Kier molecular flexibility index (Phi) is 4.74. The molecular weight excluding hydrogens is 263 g/mol. The number of hydrogen-bond donors (Lipinski definition) is 1. The molecule has 1 aromatic rings. The third kappa shape index (κ3) is 3.75. The van der Waals surface area contributed by atoms with Crippen molar-refractivity contribution in [1.29, 1.82) is 0 Å². The first kappa shape index (κ1) is 15.4. The van der Waals surface area contributed by atoms with E-state index in [4.69, 9.17) is 0 Å². The molecule has 1 aliphatic rings. The Labute approximate surface area is 118 Å². The van der Waals surface area contributed by atoms with Gasteiger partial charge in [0.05, 0.1) is 0 Å². The lowest BCUT2D eigenvalue weighted by molar-refractivity contribution is -0.160. The Morgan fingerprint density at radius 1 is 1.05 bits per heavy atom. The summed E-state index contributed by atoms with van der Waals surface area (Å²) in [6, 6.07) is 6.52. The highest BCUT2D eigenvalue weighted by molar-refractivity contribution is 5.20. The van der Waals surface area contributed by atoms with Gasteiger partial charge in [-0.1, -0.05) is 44.2 Å². The molecule has 0 saturated heterocycles. The van der Waals surface area contributed by atoms with E-state index in [-0.39, 0.29) is 6.04 Å². The quantitative estimate of drug-likeness (QED) is 0.848.